The van der Waals surface area contributed by atoms with Gasteiger partial charge in [-0.3, -0.25) is 15.1 Å². The molecule has 1 rings (SSSR count). The van der Waals surface area contributed by atoms with Crippen molar-refractivity contribution >= 4 is 5.69 Å². The Hall–Kier alpha value is -2.22. The molecule has 0 amide bonds. The van der Waals surface area contributed by atoms with Gasteiger partial charge in [-0.05, 0) is 11.6 Å². The highest BCUT2D eigenvalue weighted by molar-refractivity contribution is 5.36. The fourth-order valence-corrected chi connectivity index (χ4v) is 1.19. The molecule has 0 aromatic carbocycles. The maximum atomic E-state index is 10.7. The van der Waals surface area contributed by atoms with Crippen molar-refractivity contribution in [3.8, 4) is 0 Å². The highest BCUT2D eigenvalue weighted by Gasteiger charge is 2.26. The average molecular weight is 239 g/mol. The first kappa shape index (κ1) is 12.8. The zero-order valence-corrected chi connectivity index (χ0v) is 8.54. The summed E-state index contributed by atoms with van der Waals surface area (Å²) in [7, 11) is 0. The lowest BCUT2D eigenvalue weighted by atomic mass is 10.1. The van der Waals surface area contributed by atoms with Gasteiger partial charge in [0.15, 0.2) is 0 Å². The molecular weight excluding hydrogens is 230 g/mol. The smallest absolute Gasteiger partial charge is 0.293 e. The molecule has 9 heteroatoms. The Morgan fingerprint density at radius 2 is 2.35 bits per heavy atom. The topological polar surface area (TPSA) is 145 Å². The fraction of sp³-hybridized carbons (Fsp3) is 0.375. The second-order valence-electron chi connectivity index (χ2n) is 3.09. The van der Waals surface area contributed by atoms with Crippen LogP contribution in [0.4, 0.5) is 5.69 Å². The zero-order valence-electron chi connectivity index (χ0n) is 8.54. The van der Waals surface area contributed by atoms with Gasteiger partial charge in [0.2, 0.25) is 0 Å². The summed E-state index contributed by atoms with van der Waals surface area (Å²) in [6.45, 7) is -0.397. The predicted molar refractivity (Wildman–Crippen MR) is 55.9 cm³/mol. The number of rotatable bonds is 5. The van der Waals surface area contributed by atoms with Gasteiger partial charge in [0.05, 0.1) is 17.6 Å². The van der Waals surface area contributed by atoms with Gasteiger partial charge in [-0.2, -0.15) is 0 Å². The zero-order chi connectivity index (χ0) is 12.8. The molecule has 0 aliphatic heterocycles. The monoisotopic (exact) mass is 239 g/mol. The number of aromatic nitrogens is 1. The van der Waals surface area contributed by atoms with Gasteiger partial charge in [-0.1, -0.05) is 5.11 Å². The van der Waals surface area contributed by atoms with Crippen LogP contribution in [0.15, 0.2) is 23.4 Å². The third-order valence-corrected chi connectivity index (χ3v) is 1.99. The number of nitro groups is 1. The molecule has 2 atom stereocenters. The average Bonchev–Trinajstić information content (AvgIpc) is 2.34. The van der Waals surface area contributed by atoms with Crippen LogP contribution in [0.1, 0.15) is 11.8 Å². The Kier molecular flexibility index (Phi) is 4.35. The highest BCUT2D eigenvalue weighted by atomic mass is 16.6. The molecule has 90 valence electrons. The van der Waals surface area contributed by atoms with E-state index in [1.165, 1.54) is 12.3 Å². The van der Waals surface area contributed by atoms with Crippen molar-refractivity contribution in [1.82, 2.24) is 4.98 Å². The van der Waals surface area contributed by atoms with E-state index in [9.17, 15) is 20.3 Å². The van der Waals surface area contributed by atoms with E-state index < -0.39 is 29.4 Å². The van der Waals surface area contributed by atoms with Crippen molar-refractivity contribution in [2.45, 2.75) is 12.2 Å². The lowest BCUT2D eigenvalue weighted by Gasteiger charge is -2.14. The van der Waals surface area contributed by atoms with Gasteiger partial charge >= 0.3 is 0 Å². The van der Waals surface area contributed by atoms with Crippen LogP contribution in [0.3, 0.4) is 0 Å². The van der Waals surface area contributed by atoms with Gasteiger partial charge in [0, 0.05) is 17.2 Å². The maximum Gasteiger partial charge on any atom is 0.293 e. The van der Waals surface area contributed by atoms with Crippen molar-refractivity contribution in [2.24, 2.45) is 5.11 Å². The van der Waals surface area contributed by atoms with Crippen LogP contribution < -0.4 is 0 Å². The van der Waals surface area contributed by atoms with Crippen LogP contribution in [0.5, 0.6) is 0 Å². The first-order valence-corrected chi connectivity index (χ1v) is 4.54. The van der Waals surface area contributed by atoms with Gasteiger partial charge in [-0.15, -0.1) is 0 Å². The van der Waals surface area contributed by atoms with Gasteiger partial charge in [0.25, 0.3) is 5.69 Å². The minimum Gasteiger partial charge on any atom is -0.390 e. The second-order valence-corrected chi connectivity index (χ2v) is 3.09. The number of pyridine rings is 1. The van der Waals surface area contributed by atoms with Crippen LogP contribution in [0, 0.1) is 10.1 Å². The standard InChI is InChI=1S/C8H9N5O4/c9-12-11-4-6(14)8(15)7-5(13(16)17)2-1-3-10-7/h1-3,6,8,14-15H,4H2. The third-order valence-electron chi connectivity index (χ3n) is 1.99. The van der Waals surface area contributed by atoms with Gasteiger partial charge in [0.1, 0.15) is 11.8 Å². The Morgan fingerprint density at radius 1 is 1.65 bits per heavy atom. The molecule has 0 saturated heterocycles. The van der Waals surface area contributed by atoms with E-state index in [-0.39, 0.29) is 5.69 Å². The number of aliphatic hydroxyl groups excluding tert-OH is 2. The molecule has 0 bridgehead atoms. The SMILES string of the molecule is [N-]=[N+]=NCC(O)C(O)c1ncccc1[N+](=O)[O-]. The lowest BCUT2D eigenvalue weighted by molar-refractivity contribution is -0.386. The Labute approximate surface area is 95.1 Å². The van der Waals surface area contributed by atoms with Crippen LogP contribution in [0.2, 0.25) is 0 Å². The molecule has 9 nitrogen and oxygen atoms in total. The highest BCUT2D eigenvalue weighted by Crippen LogP contribution is 2.24. The Morgan fingerprint density at radius 3 is 2.94 bits per heavy atom. The quantitative estimate of drug-likeness (QED) is 0.255. The number of hydrogen-bond donors (Lipinski definition) is 2. The van der Waals surface area contributed by atoms with Crippen LogP contribution in [-0.2, 0) is 0 Å². The summed E-state index contributed by atoms with van der Waals surface area (Å²) in [6, 6.07) is 2.50. The second kappa shape index (κ2) is 5.75. The molecule has 17 heavy (non-hydrogen) atoms. The van der Waals surface area contributed by atoms with Crippen LogP contribution >= 0.6 is 0 Å². The minimum atomic E-state index is -1.58. The molecule has 1 aromatic rings. The molecule has 0 aliphatic carbocycles. The van der Waals surface area contributed by atoms with E-state index in [4.69, 9.17) is 5.53 Å². The molecular formula is C8H9N5O4. The molecule has 1 heterocycles. The number of hydrogen-bond acceptors (Lipinski definition) is 6. The van der Waals surface area contributed by atoms with E-state index in [1.54, 1.807) is 0 Å². The van der Waals surface area contributed by atoms with Crippen molar-refractivity contribution < 1.29 is 15.1 Å². The van der Waals surface area contributed by atoms with E-state index in [0.29, 0.717) is 0 Å². The van der Waals surface area contributed by atoms with Crippen molar-refractivity contribution in [3.05, 3.63) is 44.6 Å². The molecule has 0 fully saturated rings. The summed E-state index contributed by atoms with van der Waals surface area (Å²) in [5.74, 6) is 0. The molecule has 0 aliphatic rings. The largest absolute Gasteiger partial charge is 0.390 e. The van der Waals surface area contributed by atoms with E-state index in [2.05, 4.69) is 15.0 Å². The molecule has 2 N–H and O–H groups in total. The molecule has 2 unspecified atom stereocenters. The summed E-state index contributed by atoms with van der Waals surface area (Å²) < 4.78 is 0. The molecule has 0 radical (unpaired) electrons. The van der Waals surface area contributed by atoms with E-state index in [1.807, 2.05) is 0 Å². The first-order valence-electron chi connectivity index (χ1n) is 4.54. The Balaban J connectivity index is 2.98. The summed E-state index contributed by atoms with van der Waals surface area (Å²) in [4.78, 5) is 16.0. The van der Waals surface area contributed by atoms with Crippen LogP contribution in [0.25, 0.3) is 10.4 Å². The summed E-state index contributed by atoms with van der Waals surface area (Å²) in [5.41, 5.74) is 7.38. The molecule has 1 aromatic heterocycles. The number of nitrogens with zero attached hydrogens (tertiary/aromatic N) is 5. The first-order chi connectivity index (χ1) is 8.07. The van der Waals surface area contributed by atoms with Crippen molar-refractivity contribution in [2.75, 3.05) is 6.54 Å². The minimum absolute atomic E-state index is 0.266. The number of azide groups is 1. The normalized spacial score (nSPS) is 13.5. The third kappa shape index (κ3) is 3.11. The van der Waals surface area contributed by atoms with Crippen LogP contribution in [-0.4, -0.2) is 32.8 Å². The lowest BCUT2D eigenvalue weighted by Crippen LogP contribution is -2.22. The fourth-order valence-electron chi connectivity index (χ4n) is 1.19. The maximum absolute atomic E-state index is 10.7. The van der Waals surface area contributed by atoms with Crippen molar-refractivity contribution in [3.63, 3.8) is 0 Å². The molecule has 0 saturated carbocycles. The summed E-state index contributed by atoms with van der Waals surface area (Å²) >= 11 is 0. The number of aliphatic hydroxyl groups is 2. The Bertz CT molecular complexity index is 459. The summed E-state index contributed by atoms with van der Waals surface area (Å²) in [5, 5.41) is 32.8. The van der Waals surface area contributed by atoms with Crippen molar-refractivity contribution in [1.29, 1.82) is 0 Å². The predicted octanol–water partition coefficient (Wildman–Crippen LogP) is 0.694. The van der Waals surface area contributed by atoms with Gasteiger partial charge in [-0.25, -0.2) is 0 Å². The summed E-state index contributed by atoms with van der Waals surface area (Å²) in [6.07, 6.45) is -1.77. The van der Waals surface area contributed by atoms with E-state index in [0.717, 1.165) is 6.07 Å². The van der Waals surface area contributed by atoms with Gasteiger partial charge < -0.3 is 10.2 Å². The van der Waals surface area contributed by atoms with E-state index >= 15 is 0 Å². The molecule has 0 spiro atoms.